The molecule has 0 saturated carbocycles. The van der Waals surface area contributed by atoms with Crippen molar-refractivity contribution in [1.29, 1.82) is 5.26 Å². The first-order valence-corrected chi connectivity index (χ1v) is 8.77. The van der Waals surface area contributed by atoms with Gasteiger partial charge in [0.2, 0.25) is 0 Å². The van der Waals surface area contributed by atoms with Crippen LogP contribution in [0, 0.1) is 17.2 Å². The van der Waals surface area contributed by atoms with Gasteiger partial charge in [-0.1, -0.05) is 24.3 Å². The number of benzene rings is 2. The number of fused-ring (bicyclic) bond motifs is 1. The first kappa shape index (κ1) is 13.9. The Kier molecular flexibility index (Phi) is 3.56. The smallest absolute Gasteiger partial charge is 0.150 e. The molecule has 1 saturated heterocycles. The van der Waals surface area contributed by atoms with Crippen LogP contribution in [-0.2, 0) is 9.84 Å². The van der Waals surface area contributed by atoms with Gasteiger partial charge in [-0.15, -0.1) is 0 Å². The zero-order chi connectivity index (χ0) is 14.9. The van der Waals surface area contributed by atoms with Gasteiger partial charge in [-0.25, -0.2) is 8.42 Å². The summed E-state index contributed by atoms with van der Waals surface area (Å²) in [5.74, 6) is 0.742. The Bertz CT molecular complexity index is 822. The molecule has 0 amide bonds. The molecule has 1 N–H and O–H groups in total. The Morgan fingerprint density at radius 3 is 2.62 bits per heavy atom. The van der Waals surface area contributed by atoms with Crippen molar-refractivity contribution < 1.29 is 8.42 Å². The van der Waals surface area contributed by atoms with Gasteiger partial charge in [0.15, 0.2) is 9.84 Å². The Balaban J connectivity index is 1.84. The van der Waals surface area contributed by atoms with Crippen molar-refractivity contribution in [2.45, 2.75) is 6.42 Å². The van der Waals surface area contributed by atoms with Crippen molar-refractivity contribution in [3.8, 4) is 6.07 Å². The van der Waals surface area contributed by atoms with E-state index in [1.54, 1.807) is 6.07 Å². The fraction of sp³-hybridized carbons (Fsp3) is 0.312. The fourth-order valence-corrected chi connectivity index (χ4v) is 4.70. The SMILES string of the molecule is N#Cc1ccc(NCC2CCS(=O)(=O)C2)c2ccccc12. The van der Waals surface area contributed by atoms with Gasteiger partial charge >= 0.3 is 0 Å². The van der Waals surface area contributed by atoms with Gasteiger partial charge in [0.1, 0.15) is 0 Å². The zero-order valence-electron chi connectivity index (χ0n) is 11.5. The summed E-state index contributed by atoms with van der Waals surface area (Å²) in [7, 11) is -2.84. The molecular formula is C16H16N2O2S. The van der Waals surface area contributed by atoms with Crippen LogP contribution in [0.3, 0.4) is 0 Å². The molecule has 3 rings (SSSR count). The molecule has 0 bridgehead atoms. The van der Waals surface area contributed by atoms with Gasteiger partial charge < -0.3 is 5.32 Å². The summed E-state index contributed by atoms with van der Waals surface area (Å²) in [6.07, 6.45) is 0.726. The number of sulfone groups is 1. The summed E-state index contributed by atoms with van der Waals surface area (Å²) in [5, 5.41) is 14.4. The number of rotatable bonds is 3. The average molecular weight is 300 g/mol. The summed E-state index contributed by atoms with van der Waals surface area (Å²) in [5.41, 5.74) is 1.61. The standard InChI is InChI=1S/C16H16N2O2S/c17-9-13-5-6-16(15-4-2-1-3-14(13)15)18-10-12-7-8-21(19,20)11-12/h1-6,12,18H,7-8,10-11H2. The molecular weight excluding hydrogens is 284 g/mol. The van der Waals surface area contributed by atoms with E-state index >= 15 is 0 Å². The number of anilines is 1. The van der Waals surface area contributed by atoms with Crippen molar-refractivity contribution in [2.75, 3.05) is 23.4 Å². The predicted molar refractivity (Wildman–Crippen MR) is 83.9 cm³/mol. The lowest BCUT2D eigenvalue weighted by molar-refractivity contribution is 0.596. The third kappa shape index (κ3) is 2.86. The number of hydrogen-bond acceptors (Lipinski definition) is 4. The van der Waals surface area contributed by atoms with Gasteiger partial charge in [0, 0.05) is 23.0 Å². The minimum Gasteiger partial charge on any atom is -0.384 e. The molecule has 1 aliphatic rings. The Hall–Kier alpha value is -2.06. The van der Waals surface area contributed by atoms with Crippen molar-refractivity contribution in [3.05, 3.63) is 42.0 Å². The molecule has 21 heavy (non-hydrogen) atoms. The average Bonchev–Trinajstić information content (AvgIpc) is 2.84. The highest BCUT2D eigenvalue weighted by atomic mass is 32.2. The van der Waals surface area contributed by atoms with Crippen LogP contribution < -0.4 is 5.32 Å². The minimum absolute atomic E-state index is 0.171. The van der Waals surface area contributed by atoms with E-state index in [0.29, 0.717) is 17.9 Å². The number of nitrogens with one attached hydrogen (secondary N) is 1. The Morgan fingerprint density at radius 1 is 1.19 bits per heavy atom. The van der Waals surface area contributed by atoms with Crippen LogP contribution in [0.2, 0.25) is 0 Å². The molecule has 0 aromatic heterocycles. The monoisotopic (exact) mass is 300 g/mol. The van der Waals surface area contributed by atoms with E-state index in [1.807, 2.05) is 30.3 Å². The van der Waals surface area contributed by atoms with Crippen molar-refractivity contribution in [1.82, 2.24) is 0 Å². The molecule has 1 atom stereocenters. The molecule has 1 fully saturated rings. The normalized spacial score (nSPS) is 20.2. The van der Waals surface area contributed by atoms with Gasteiger partial charge in [-0.2, -0.15) is 5.26 Å². The van der Waals surface area contributed by atoms with Crippen LogP contribution in [0.25, 0.3) is 10.8 Å². The quantitative estimate of drug-likeness (QED) is 0.945. The molecule has 0 aliphatic carbocycles. The molecule has 1 heterocycles. The third-order valence-electron chi connectivity index (χ3n) is 3.95. The van der Waals surface area contributed by atoms with E-state index in [-0.39, 0.29) is 11.7 Å². The maximum atomic E-state index is 11.5. The third-order valence-corrected chi connectivity index (χ3v) is 5.79. The molecule has 5 heteroatoms. The van der Waals surface area contributed by atoms with E-state index in [0.717, 1.165) is 22.9 Å². The summed E-state index contributed by atoms with van der Waals surface area (Å²) >= 11 is 0. The van der Waals surface area contributed by atoms with E-state index in [2.05, 4.69) is 11.4 Å². The van der Waals surface area contributed by atoms with E-state index < -0.39 is 9.84 Å². The first-order chi connectivity index (χ1) is 10.1. The summed E-state index contributed by atoms with van der Waals surface area (Å²) in [6, 6.07) is 13.7. The van der Waals surface area contributed by atoms with Crippen LogP contribution in [0.15, 0.2) is 36.4 Å². The second kappa shape index (κ2) is 5.38. The molecule has 1 aliphatic heterocycles. The maximum absolute atomic E-state index is 11.5. The number of hydrogen-bond donors (Lipinski definition) is 1. The van der Waals surface area contributed by atoms with Crippen molar-refractivity contribution in [2.24, 2.45) is 5.92 Å². The highest BCUT2D eigenvalue weighted by Gasteiger charge is 2.27. The van der Waals surface area contributed by atoms with Crippen LogP contribution in [0.1, 0.15) is 12.0 Å². The largest absolute Gasteiger partial charge is 0.384 e. The Labute approximate surface area is 124 Å². The second-order valence-corrected chi connectivity index (χ2v) is 7.70. The number of nitrogens with zero attached hydrogens (tertiary/aromatic N) is 1. The van der Waals surface area contributed by atoms with Crippen LogP contribution in [-0.4, -0.2) is 26.5 Å². The summed E-state index contributed by atoms with van der Waals surface area (Å²) < 4.78 is 23.0. The molecule has 1 unspecified atom stereocenters. The van der Waals surface area contributed by atoms with Crippen LogP contribution in [0.4, 0.5) is 5.69 Å². The molecule has 0 spiro atoms. The lowest BCUT2D eigenvalue weighted by Crippen LogP contribution is -2.15. The lowest BCUT2D eigenvalue weighted by atomic mass is 10.0. The second-order valence-electron chi connectivity index (χ2n) is 5.47. The molecule has 2 aromatic carbocycles. The van der Waals surface area contributed by atoms with Gasteiger partial charge in [-0.05, 0) is 24.5 Å². The zero-order valence-corrected chi connectivity index (χ0v) is 12.4. The van der Waals surface area contributed by atoms with Crippen LogP contribution >= 0.6 is 0 Å². The summed E-state index contributed by atoms with van der Waals surface area (Å²) in [4.78, 5) is 0. The van der Waals surface area contributed by atoms with Crippen molar-refractivity contribution >= 4 is 26.3 Å². The van der Waals surface area contributed by atoms with Gasteiger partial charge in [0.05, 0.1) is 23.1 Å². The van der Waals surface area contributed by atoms with E-state index in [1.165, 1.54) is 0 Å². The van der Waals surface area contributed by atoms with Gasteiger partial charge in [-0.3, -0.25) is 0 Å². The highest BCUT2D eigenvalue weighted by molar-refractivity contribution is 7.91. The predicted octanol–water partition coefficient (Wildman–Crippen LogP) is 2.56. The van der Waals surface area contributed by atoms with Crippen LogP contribution in [0.5, 0.6) is 0 Å². The van der Waals surface area contributed by atoms with Crippen molar-refractivity contribution in [3.63, 3.8) is 0 Å². The summed E-state index contributed by atoms with van der Waals surface area (Å²) in [6.45, 7) is 0.648. The lowest BCUT2D eigenvalue weighted by Gasteiger charge is -2.13. The molecule has 108 valence electrons. The van der Waals surface area contributed by atoms with E-state index in [9.17, 15) is 8.42 Å². The topological polar surface area (TPSA) is 70.0 Å². The molecule has 4 nitrogen and oxygen atoms in total. The van der Waals surface area contributed by atoms with Gasteiger partial charge in [0.25, 0.3) is 0 Å². The fourth-order valence-electron chi connectivity index (χ4n) is 2.84. The molecule has 0 radical (unpaired) electrons. The maximum Gasteiger partial charge on any atom is 0.150 e. The molecule has 2 aromatic rings. The number of nitriles is 1. The minimum atomic E-state index is -2.84. The first-order valence-electron chi connectivity index (χ1n) is 6.95. The Morgan fingerprint density at radius 2 is 1.95 bits per heavy atom. The van der Waals surface area contributed by atoms with E-state index in [4.69, 9.17) is 5.26 Å². The highest BCUT2D eigenvalue weighted by Crippen LogP contribution is 2.27.